The zero-order chi connectivity index (χ0) is 16.2. The summed E-state index contributed by atoms with van der Waals surface area (Å²) in [7, 11) is 3.08. The summed E-state index contributed by atoms with van der Waals surface area (Å²) < 4.78 is 10.1. The lowest BCUT2D eigenvalue weighted by atomic mass is 9.87. The van der Waals surface area contributed by atoms with Crippen molar-refractivity contribution < 1.29 is 14.3 Å². The molecule has 3 rings (SSSR count). The van der Waals surface area contributed by atoms with Crippen molar-refractivity contribution in [2.24, 2.45) is 0 Å². The van der Waals surface area contributed by atoms with Gasteiger partial charge in [0.1, 0.15) is 5.75 Å². The topological polar surface area (TPSA) is 47.6 Å². The van der Waals surface area contributed by atoms with E-state index >= 15 is 0 Å². The Labute approximate surface area is 136 Å². The quantitative estimate of drug-likeness (QED) is 0.879. The molecule has 0 aromatic heterocycles. The first-order valence-electron chi connectivity index (χ1n) is 7.80. The number of rotatable bonds is 4. The second kappa shape index (κ2) is 6.73. The molecule has 0 amide bonds. The van der Waals surface area contributed by atoms with Gasteiger partial charge in [0, 0.05) is 17.8 Å². The molecule has 1 unspecified atom stereocenters. The fraction of sp³-hybridized carbons (Fsp3) is 0.316. The Morgan fingerprint density at radius 2 is 2.00 bits per heavy atom. The number of carbonyl (C=O) groups is 1. The first-order chi connectivity index (χ1) is 11.2. The van der Waals surface area contributed by atoms with Crippen molar-refractivity contribution in [1.82, 2.24) is 0 Å². The summed E-state index contributed by atoms with van der Waals surface area (Å²) in [5.41, 5.74) is 4.22. The maximum Gasteiger partial charge on any atom is 0.337 e. The zero-order valence-corrected chi connectivity index (χ0v) is 13.5. The van der Waals surface area contributed by atoms with Crippen LogP contribution in [0.1, 0.15) is 27.9 Å². The van der Waals surface area contributed by atoms with E-state index in [0.29, 0.717) is 11.6 Å². The summed E-state index contributed by atoms with van der Waals surface area (Å²) in [6, 6.07) is 14.2. The number of hydrogen-bond donors (Lipinski definition) is 1. The fourth-order valence-electron chi connectivity index (χ4n) is 3.07. The molecule has 4 heteroatoms. The number of benzene rings is 2. The monoisotopic (exact) mass is 311 g/mol. The van der Waals surface area contributed by atoms with Gasteiger partial charge in [-0.2, -0.15) is 0 Å². The first-order valence-corrected chi connectivity index (χ1v) is 7.80. The van der Waals surface area contributed by atoms with Gasteiger partial charge in [-0.15, -0.1) is 0 Å². The van der Waals surface area contributed by atoms with Crippen molar-refractivity contribution in [3.8, 4) is 5.75 Å². The van der Waals surface area contributed by atoms with E-state index in [2.05, 4.69) is 5.32 Å². The molecule has 0 saturated carbocycles. The van der Waals surface area contributed by atoms with Gasteiger partial charge in [0.25, 0.3) is 0 Å². The molecule has 2 aromatic carbocycles. The van der Waals surface area contributed by atoms with E-state index in [-0.39, 0.29) is 5.97 Å². The SMILES string of the molecule is COC(=O)c1ccc2c(c1)CC(Nc1cccc(OC)c1)CC2. The van der Waals surface area contributed by atoms with Crippen molar-refractivity contribution in [2.45, 2.75) is 25.3 Å². The summed E-state index contributed by atoms with van der Waals surface area (Å²) in [6.45, 7) is 0. The predicted octanol–water partition coefficient (Wildman–Crippen LogP) is 3.45. The molecule has 0 fully saturated rings. The van der Waals surface area contributed by atoms with Gasteiger partial charge in [-0.1, -0.05) is 12.1 Å². The number of esters is 1. The summed E-state index contributed by atoms with van der Waals surface area (Å²) in [5.74, 6) is 0.565. The number of anilines is 1. The minimum absolute atomic E-state index is 0.282. The van der Waals surface area contributed by atoms with E-state index in [9.17, 15) is 4.79 Å². The van der Waals surface area contributed by atoms with Gasteiger partial charge >= 0.3 is 5.97 Å². The molecule has 0 bridgehead atoms. The zero-order valence-electron chi connectivity index (χ0n) is 13.5. The van der Waals surface area contributed by atoms with E-state index in [0.717, 1.165) is 30.7 Å². The summed E-state index contributed by atoms with van der Waals surface area (Å²) >= 11 is 0. The van der Waals surface area contributed by atoms with Crippen LogP contribution in [0.25, 0.3) is 0 Å². The predicted molar refractivity (Wildman–Crippen MR) is 90.2 cm³/mol. The number of hydrogen-bond acceptors (Lipinski definition) is 4. The Morgan fingerprint density at radius 3 is 2.78 bits per heavy atom. The van der Waals surface area contributed by atoms with E-state index in [4.69, 9.17) is 9.47 Å². The number of methoxy groups -OCH3 is 2. The van der Waals surface area contributed by atoms with Crippen LogP contribution in [0.3, 0.4) is 0 Å². The third-order valence-electron chi connectivity index (χ3n) is 4.30. The third kappa shape index (κ3) is 3.47. The maximum atomic E-state index is 11.7. The molecule has 0 radical (unpaired) electrons. The second-order valence-corrected chi connectivity index (χ2v) is 5.79. The van der Waals surface area contributed by atoms with Crippen molar-refractivity contribution in [3.05, 3.63) is 59.2 Å². The van der Waals surface area contributed by atoms with Gasteiger partial charge < -0.3 is 14.8 Å². The van der Waals surface area contributed by atoms with E-state index in [1.165, 1.54) is 18.2 Å². The number of fused-ring (bicyclic) bond motifs is 1. The molecule has 2 aromatic rings. The number of nitrogens with one attached hydrogen (secondary N) is 1. The van der Waals surface area contributed by atoms with E-state index in [1.54, 1.807) is 7.11 Å². The molecule has 1 atom stereocenters. The highest BCUT2D eigenvalue weighted by molar-refractivity contribution is 5.89. The molecule has 1 aliphatic rings. The molecule has 120 valence electrons. The lowest BCUT2D eigenvalue weighted by Crippen LogP contribution is -2.27. The third-order valence-corrected chi connectivity index (χ3v) is 4.30. The highest BCUT2D eigenvalue weighted by Crippen LogP contribution is 2.26. The van der Waals surface area contributed by atoms with Crippen molar-refractivity contribution in [1.29, 1.82) is 0 Å². The van der Waals surface area contributed by atoms with E-state index < -0.39 is 0 Å². The average Bonchev–Trinajstić information content (AvgIpc) is 2.60. The highest BCUT2D eigenvalue weighted by Gasteiger charge is 2.20. The average molecular weight is 311 g/mol. The lowest BCUT2D eigenvalue weighted by molar-refractivity contribution is 0.0600. The molecule has 4 nitrogen and oxygen atoms in total. The van der Waals surface area contributed by atoms with Crippen molar-refractivity contribution in [3.63, 3.8) is 0 Å². The van der Waals surface area contributed by atoms with Crippen LogP contribution in [0.5, 0.6) is 5.75 Å². The van der Waals surface area contributed by atoms with E-state index in [1.807, 2.05) is 42.5 Å². The summed E-state index contributed by atoms with van der Waals surface area (Å²) in [4.78, 5) is 11.7. The molecule has 1 aliphatic carbocycles. The molecule has 0 spiro atoms. The smallest absolute Gasteiger partial charge is 0.337 e. The van der Waals surface area contributed by atoms with Crippen LogP contribution in [0.2, 0.25) is 0 Å². The lowest BCUT2D eigenvalue weighted by Gasteiger charge is -2.27. The molecular formula is C19H21NO3. The molecule has 1 N–H and O–H groups in total. The summed E-state index contributed by atoms with van der Waals surface area (Å²) in [6.07, 6.45) is 2.98. The van der Waals surface area contributed by atoms with Crippen LogP contribution < -0.4 is 10.1 Å². The Balaban J connectivity index is 1.75. The molecule has 0 heterocycles. The fourth-order valence-corrected chi connectivity index (χ4v) is 3.07. The van der Waals surface area contributed by atoms with Gasteiger partial charge in [-0.05, 0) is 54.7 Å². The van der Waals surface area contributed by atoms with Crippen molar-refractivity contribution in [2.75, 3.05) is 19.5 Å². The largest absolute Gasteiger partial charge is 0.497 e. The van der Waals surface area contributed by atoms with Crippen molar-refractivity contribution >= 4 is 11.7 Å². The van der Waals surface area contributed by atoms with Crippen LogP contribution in [0, 0.1) is 0 Å². The van der Waals surface area contributed by atoms with Gasteiger partial charge in [0.2, 0.25) is 0 Å². The Morgan fingerprint density at radius 1 is 1.13 bits per heavy atom. The van der Waals surface area contributed by atoms with Gasteiger partial charge in [0.15, 0.2) is 0 Å². The molecule has 0 aliphatic heterocycles. The van der Waals surface area contributed by atoms with Crippen LogP contribution in [-0.4, -0.2) is 26.2 Å². The number of ether oxygens (including phenoxy) is 2. The highest BCUT2D eigenvalue weighted by atomic mass is 16.5. The minimum Gasteiger partial charge on any atom is -0.497 e. The Hall–Kier alpha value is -2.49. The van der Waals surface area contributed by atoms with Gasteiger partial charge in [0.05, 0.1) is 19.8 Å². The van der Waals surface area contributed by atoms with Crippen LogP contribution >= 0.6 is 0 Å². The second-order valence-electron chi connectivity index (χ2n) is 5.79. The van der Waals surface area contributed by atoms with Gasteiger partial charge in [-0.25, -0.2) is 4.79 Å². The molecule has 23 heavy (non-hydrogen) atoms. The van der Waals surface area contributed by atoms with Gasteiger partial charge in [-0.3, -0.25) is 0 Å². The number of carbonyl (C=O) groups excluding carboxylic acids is 1. The number of aryl methyl sites for hydroxylation is 1. The minimum atomic E-state index is -0.282. The molecule has 0 saturated heterocycles. The van der Waals surface area contributed by atoms with Crippen LogP contribution in [0.15, 0.2) is 42.5 Å². The first kappa shape index (κ1) is 15.4. The standard InChI is InChI=1S/C19H21NO3/c1-22-18-5-3-4-16(12-18)20-17-9-8-13-6-7-14(19(21)23-2)10-15(13)11-17/h3-7,10,12,17,20H,8-9,11H2,1-2H3. The molecular weight excluding hydrogens is 290 g/mol. The Bertz CT molecular complexity index is 712. The summed E-state index contributed by atoms with van der Waals surface area (Å²) in [5, 5.41) is 3.56. The maximum absolute atomic E-state index is 11.7. The Kier molecular flexibility index (Phi) is 4.51. The van der Waals surface area contributed by atoms with Crippen LogP contribution in [0.4, 0.5) is 5.69 Å². The normalized spacial score (nSPS) is 16.3. The van der Waals surface area contributed by atoms with Crippen LogP contribution in [-0.2, 0) is 17.6 Å².